The predicted molar refractivity (Wildman–Crippen MR) is 94.5 cm³/mol. The van der Waals surface area contributed by atoms with Gasteiger partial charge < -0.3 is 0 Å². The molecule has 1 unspecified atom stereocenters. The minimum Gasteiger partial charge on any atom is -0.100 e. The molecule has 0 aliphatic rings. The molecule has 4 radical (unpaired) electrons. The molecule has 0 fully saturated rings. The molecule has 0 saturated heterocycles. The summed E-state index contributed by atoms with van der Waals surface area (Å²) in [6, 6.07) is 0. The monoisotopic (exact) mass is 266 g/mol. The van der Waals surface area contributed by atoms with Crippen molar-refractivity contribution in [2.24, 2.45) is 5.92 Å². The zero-order valence-corrected chi connectivity index (χ0v) is 14.0. The molecule has 0 spiro atoms. The Balaban J connectivity index is 5.28. The largest absolute Gasteiger partial charge is 0.100 e. The van der Waals surface area contributed by atoms with Gasteiger partial charge in [0.05, 0.1) is 15.7 Å². The second-order valence-corrected chi connectivity index (χ2v) is 6.61. The van der Waals surface area contributed by atoms with Crippen molar-refractivity contribution in [3.8, 4) is 0 Å². The first-order valence-electron chi connectivity index (χ1n) is 7.25. The summed E-state index contributed by atoms with van der Waals surface area (Å²) in [6.07, 6.45) is 11.4. The van der Waals surface area contributed by atoms with Gasteiger partial charge in [-0.2, -0.15) is 0 Å². The van der Waals surface area contributed by atoms with Gasteiger partial charge in [0, 0.05) is 5.92 Å². The van der Waals surface area contributed by atoms with Crippen molar-refractivity contribution in [3.63, 3.8) is 0 Å². The van der Waals surface area contributed by atoms with Crippen molar-refractivity contribution in [2.45, 2.75) is 58.6 Å². The maximum absolute atomic E-state index is 6.14. The Morgan fingerprint density at radius 2 is 1.70 bits per heavy atom. The molecule has 1 atom stereocenters. The minimum atomic E-state index is -0.362. The van der Waals surface area contributed by atoms with E-state index in [9.17, 15) is 0 Å². The van der Waals surface area contributed by atoms with E-state index in [2.05, 4.69) is 43.9 Å². The third kappa shape index (κ3) is 7.62. The molecule has 0 amide bonds. The van der Waals surface area contributed by atoms with Crippen molar-refractivity contribution in [1.29, 1.82) is 0 Å². The highest BCUT2D eigenvalue weighted by molar-refractivity contribution is 6.16. The molecule has 0 heterocycles. The topological polar surface area (TPSA) is 0 Å². The maximum atomic E-state index is 6.14. The molecule has 0 bridgehead atoms. The Morgan fingerprint density at radius 3 is 2.05 bits per heavy atom. The van der Waals surface area contributed by atoms with Crippen molar-refractivity contribution in [1.82, 2.24) is 0 Å². The number of hydrogen-bond acceptors (Lipinski definition) is 0. The number of allylic oxidation sites excluding steroid dienone is 7. The Labute approximate surface area is 128 Å². The second-order valence-electron chi connectivity index (χ2n) is 6.61. The summed E-state index contributed by atoms with van der Waals surface area (Å²) in [6.45, 7) is 16.2. The smallest absolute Gasteiger partial charge is 0.0798 e. The molecular weight excluding hydrogens is 238 g/mol. The molecule has 0 rings (SSSR count). The van der Waals surface area contributed by atoms with Gasteiger partial charge in [-0.05, 0) is 25.8 Å². The summed E-state index contributed by atoms with van der Waals surface area (Å²) in [7, 11) is 12.2. The van der Waals surface area contributed by atoms with Crippen LogP contribution in [0.15, 0.2) is 48.1 Å². The first-order valence-corrected chi connectivity index (χ1v) is 7.25. The van der Waals surface area contributed by atoms with Crippen LogP contribution in [0.1, 0.15) is 48.0 Å². The van der Waals surface area contributed by atoms with Crippen LogP contribution in [0.25, 0.3) is 0 Å². The lowest BCUT2D eigenvalue weighted by atomic mass is 9.65. The SMILES string of the molecule is [B]C(C)(C)/C=C/C(CC(=C)C([B])(C)C)C(/C=C\C)=C/C. The van der Waals surface area contributed by atoms with Gasteiger partial charge >= 0.3 is 0 Å². The van der Waals surface area contributed by atoms with Crippen LogP contribution in [0.4, 0.5) is 0 Å². The quantitative estimate of drug-likeness (QED) is 0.330. The van der Waals surface area contributed by atoms with E-state index in [4.69, 9.17) is 15.7 Å². The molecule has 0 aliphatic heterocycles. The van der Waals surface area contributed by atoms with E-state index in [1.54, 1.807) is 0 Å². The second kappa shape index (κ2) is 7.76. The lowest BCUT2D eigenvalue weighted by molar-refractivity contribution is 0.667. The van der Waals surface area contributed by atoms with E-state index >= 15 is 0 Å². The van der Waals surface area contributed by atoms with Gasteiger partial charge in [0.1, 0.15) is 0 Å². The third-order valence-electron chi connectivity index (χ3n) is 3.26. The number of hydrogen-bond donors (Lipinski definition) is 0. The molecule has 0 aromatic carbocycles. The third-order valence-corrected chi connectivity index (χ3v) is 3.26. The summed E-state index contributed by atoms with van der Waals surface area (Å²) in [5.74, 6) is 0.259. The van der Waals surface area contributed by atoms with Crippen molar-refractivity contribution >= 4 is 15.7 Å². The normalized spacial score (nSPS) is 16.0. The fourth-order valence-electron chi connectivity index (χ4n) is 1.82. The summed E-state index contributed by atoms with van der Waals surface area (Å²) >= 11 is 0. The fraction of sp³-hybridized carbons (Fsp3) is 0.556. The van der Waals surface area contributed by atoms with E-state index < -0.39 is 0 Å². The molecular formula is C18H28B2. The van der Waals surface area contributed by atoms with Gasteiger partial charge in [-0.15, -0.1) is 6.58 Å². The summed E-state index contributed by atoms with van der Waals surface area (Å²) in [4.78, 5) is 0. The highest BCUT2D eigenvalue weighted by Gasteiger charge is 2.19. The number of rotatable bonds is 7. The highest BCUT2D eigenvalue weighted by Crippen LogP contribution is 2.36. The van der Waals surface area contributed by atoms with Gasteiger partial charge in [0.25, 0.3) is 0 Å². The lowest BCUT2D eigenvalue weighted by Crippen LogP contribution is -2.11. The van der Waals surface area contributed by atoms with Gasteiger partial charge in [-0.25, -0.2) is 0 Å². The fourth-order valence-corrected chi connectivity index (χ4v) is 1.82. The summed E-state index contributed by atoms with van der Waals surface area (Å²) in [5, 5.41) is -0.675. The zero-order valence-electron chi connectivity index (χ0n) is 14.0. The van der Waals surface area contributed by atoms with Gasteiger partial charge in [0.15, 0.2) is 0 Å². The van der Waals surface area contributed by atoms with Crippen molar-refractivity contribution in [2.75, 3.05) is 0 Å². The van der Waals surface area contributed by atoms with E-state index in [-0.39, 0.29) is 16.5 Å². The van der Waals surface area contributed by atoms with Crippen LogP contribution in [-0.2, 0) is 0 Å². The molecule has 2 heteroatoms. The average molecular weight is 266 g/mol. The van der Waals surface area contributed by atoms with Crippen molar-refractivity contribution in [3.05, 3.63) is 48.1 Å². The van der Waals surface area contributed by atoms with Crippen LogP contribution in [0.2, 0.25) is 10.6 Å². The zero-order chi connectivity index (χ0) is 16.0. The minimum absolute atomic E-state index is 0.259. The average Bonchev–Trinajstić information content (AvgIpc) is 2.29. The Hall–Kier alpha value is -0.910. The Kier molecular flexibility index (Phi) is 7.41. The van der Waals surface area contributed by atoms with Gasteiger partial charge in [-0.1, -0.05) is 74.3 Å². The first-order chi connectivity index (χ1) is 9.01. The first kappa shape index (κ1) is 19.1. The van der Waals surface area contributed by atoms with Crippen LogP contribution in [0.3, 0.4) is 0 Å². The molecule has 0 saturated carbocycles. The molecule has 0 aliphatic carbocycles. The molecule has 0 nitrogen and oxygen atoms in total. The van der Waals surface area contributed by atoms with E-state index in [0.29, 0.717) is 0 Å². The van der Waals surface area contributed by atoms with Crippen LogP contribution < -0.4 is 0 Å². The lowest BCUT2D eigenvalue weighted by Gasteiger charge is -2.27. The summed E-state index contributed by atoms with van der Waals surface area (Å²) < 4.78 is 0. The maximum Gasteiger partial charge on any atom is 0.0798 e. The van der Waals surface area contributed by atoms with Gasteiger partial charge in [0.2, 0.25) is 0 Å². The Bertz CT molecular complexity index is 398. The molecule has 0 aromatic heterocycles. The van der Waals surface area contributed by atoms with Crippen LogP contribution in [-0.4, -0.2) is 15.7 Å². The highest BCUT2D eigenvalue weighted by atomic mass is 14.2. The molecule has 20 heavy (non-hydrogen) atoms. The van der Waals surface area contributed by atoms with E-state index in [1.807, 2.05) is 34.6 Å². The van der Waals surface area contributed by atoms with Crippen LogP contribution >= 0.6 is 0 Å². The summed E-state index contributed by atoms with van der Waals surface area (Å²) in [5.41, 5.74) is 2.31. The van der Waals surface area contributed by atoms with Crippen molar-refractivity contribution < 1.29 is 0 Å². The van der Waals surface area contributed by atoms with Crippen LogP contribution in [0.5, 0.6) is 0 Å². The molecule has 0 aromatic rings. The van der Waals surface area contributed by atoms with E-state index in [0.717, 1.165) is 12.0 Å². The molecule has 0 N–H and O–H groups in total. The van der Waals surface area contributed by atoms with Gasteiger partial charge in [-0.3, -0.25) is 0 Å². The predicted octanol–water partition coefficient (Wildman–Crippen LogP) is 5.36. The van der Waals surface area contributed by atoms with E-state index in [1.165, 1.54) is 5.57 Å². The Morgan fingerprint density at radius 1 is 1.15 bits per heavy atom. The van der Waals surface area contributed by atoms with Crippen LogP contribution in [0, 0.1) is 5.92 Å². The standard InChI is InChI=1S/C18H28B2/c1-8-10-15(9-2)16(11-12-17(4,5)19)13-14(3)18(6,7)20/h8-12,16H,3,13H2,1-2,4-7H3/b10-8-,12-11+,15-9+. The molecule has 106 valence electrons.